The number of aromatic hydroxyl groups is 3. The van der Waals surface area contributed by atoms with Gasteiger partial charge in [-0.2, -0.15) is 0 Å². The van der Waals surface area contributed by atoms with Crippen LogP contribution in [-0.4, -0.2) is 77.6 Å². The van der Waals surface area contributed by atoms with Gasteiger partial charge in [0.15, 0.2) is 0 Å². The first-order valence-electron chi connectivity index (χ1n) is 12.1. The Balaban J connectivity index is 1.65. The van der Waals surface area contributed by atoms with Crippen LogP contribution in [0, 0.1) is 21.4 Å². The number of nitrogens with zero attached hydrogens (tertiary/aromatic N) is 1. The molecule has 0 heterocycles. The molecule has 0 spiro atoms. The van der Waals surface area contributed by atoms with E-state index >= 15 is 0 Å². The normalized spacial score (nSPS) is 11.0. The third-order valence-corrected chi connectivity index (χ3v) is 11.1. The van der Waals surface area contributed by atoms with Crippen LogP contribution in [0.4, 0.5) is 0 Å². The van der Waals surface area contributed by atoms with Crippen molar-refractivity contribution in [3.05, 3.63) is 74.5 Å². The molecule has 3 N–H and O–H groups in total. The molecule has 3 aromatic rings. The number of hydrogen-bond donors (Lipinski definition) is 3. The van der Waals surface area contributed by atoms with Crippen LogP contribution < -0.4 is 0 Å². The van der Waals surface area contributed by atoms with Gasteiger partial charge in [-0.3, -0.25) is 4.90 Å². The summed E-state index contributed by atoms with van der Waals surface area (Å²) in [6, 6.07) is 10.2. The molecule has 10 nitrogen and oxygen atoms in total. The third-order valence-electron chi connectivity index (χ3n) is 5.77. The predicted molar refractivity (Wildman–Crippen MR) is 208 cm³/mol. The zero-order valence-electron chi connectivity index (χ0n) is 21.7. The molecule has 43 heavy (non-hydrogen) atoms. The molecular formula is C27H21I6NO9. The van der Waals surface area contributed by atoms with Gasteiger partial charge in [0.1, 0.15) is 53.8 Å². The molecule has 0 aliphatic rings. The van der Waals surface area contributed by atoms with Gasteiger partial charge in [-0.05, 0) is 172 Å². The molecule has 3 rings (SSSR count). The van der Waals surface area contributed by atoms with Crippen LogP contribution in [0.3, 0.4) is 0 Å². The largest absolute Gasteiger partial charge is 0.506 e. The lowest BCUT2D eigenvalue weighted by atomic mass is 10.2. The fraction of sp³-hybridized carbons (Fsp3) is 0.222. The summed E-state index contributed by atoms with van der Waals surface area (Å²) in [7, 11) is 0. The number of ether oxygens (including phenoxy) is 3. The first-order chi connectivity index (χ1) is 20.3. The number of esters is 3. The topological polar surface area (TPSA) is 143 Å². The summed E-state index contributed by atoms with van der Waals surface area (Å²) in [5, 5.41) is 31.0. The lowest BCUT2D eigenvalue weighted by Gasteiger charge is -2.22. The Morgan fingerprint density at radius 1 is 0.488 bits per heavy atom. The van der Waals surface area contributed by atoms with Crippen LogP contribution in [0.2, 0.25) is 0 Å². The maximum absolute atomic E-state index is 12.7. The molecule has 3 aromatic carbocycles. The second-order valence-corrected chi connectivity index (χ2v) is 15.5. The summed E-state index contributed by atoms with van der Waals surface area (Å²) in [6.07, 6.45) is 0. The minimum atomic E-state index is -0.689. The number of phenolic OH excluding ortho intramolecular Hbond substituents is 3. The van der Waals surface area contributed by atoms with Crippen molar-refractivity contribution in [3.63, 3.8) is 0 Å². The SMILES string of the molecule is O=C(OCCN(CCOC(=O)c1c(I)ccc(I)c1O)CCOC(=O)c1c(I)ccc(I)c1O)c1c(I)ccc(I)c1O. The zero-order valence-corrected chi connectivity index (χ0v) is 34.7. The molecule has 0 fully saturated rings. The predicted octanol–water partition coefficient (Wildman–Crippen LogP) is 6.60. The van der Waals surface area contributed by atoms with E-state index in [2.05, 4.69) is 0 Å². The first kappa shape index (κ1) is 37.3. The maximum atomic E-state index is 12.7. The highest BCUT2D eigenvalue weighted by atomic mass is 127. The molecule has 0 aliphatic heterocycles. The molecule has 0 unspecified atom stereocenters. The van der Waals surface area contributed by atoms with Crippen LogP contribution in [0.25, 0.3) is 0 Å². The van der Waals surface area contributed by atoms with Crippen molar-refractivity contribution in [1.82, 2.24) is 4.90 Å². The summed E-state index contributed by atoms with van der Waals surface area (Å²) in [4.78, 5) is 39.9. The molecule has 16 heteroatoms. The smallest absolute Gasteiger partial charge is 0.343 e. The number of benzene rings is 3. The number of carbonyl (C=O) groups excluding carboxylic acids is 3. The standard InChI is InChI=1S/C27H21I6NO9/c28-13-1-4-16(31)22(35)19(13)25(38)41-10-7-34(8-11-42-26(39)20-14(29)2-5-17(32)23(20)36)9-12-43-27(40)21-15(30)3-6-18(33)24(21)37/h1-6,35-37H,7-12H2. The van der Waals surface area contributed by atoms with Gasteiger partial charge in [0, 0.05) is 30.3 Å². The van der Waals surface area contributed by atoms with Crippen LogP contribution in [-0.2, 0) is 14.2 Å². The molecule has 0 aliphatic carbocycles. The fourth-order valence-electron chi connectivity index (χ4n) is 3.56. The molecule has 0 atom stereocenters. The van der Waals surface area contributed by atoms with Crippen molar-refractivity contribution in [2.45, 2.75) is 0 Å². The average Bonchev–Trinajstić information content (AvgIpc) is 2.95. The van der Waals surface area contributed by atoms with Gasteiger partial charge in [0.25, 0.3) is 0 Å². The van der Waals surface area contributed by atoms with Gasteiger partial charge in [-0.15, -0.1) is 0 Å². The van der Waals surface area contributed by atoms with Crippen LogP contribution in [0.1, 0.15) is 31.1 Å². The number of hydrogen-bond acceptors (Lipinski definition) is 10. The molecule has 0 bridgehead atoms. The van der Waals surface area contributed by atoms with E-state index in [0.29, 0.717) is 21.4 Å². The van der Waals surface area contributed by atoms with E-state index in [9.17, 15) is 29.7 Å². The monoisotopic (exact) mass is 1260 g/mol. The molecular weight excluding hydrogens is 1240 g/mol. The van der Waals surface area contributed by atoms with E-state index in [4.69, 9.17) is 14.2 Å². The first-order valence-corrected chi connectivity index (χ1v) is 18.5. The number of carbonyl (C=O) groups is 3. The third kappa shape index (κ3) is 10.1. The molecule has 0 saturated heterocycles. The summed E-state index contributed by atoms with van der Waals surface area (Å²) < 4.78 is 19.4. The highest BCUT2D eigenvalue weighted by Gasteiger charge is 2.22. The minimum Gasteiger partial charge on any atom is -0.506 e. The van der Waals surface area contributed by atoms with E-state index in [1.165, 1.54) is 0 Å². The number of rotatable bonds is 12. The number of halogens is 6. The van der Waals surface area contributed by atoms with E-state index in [1.807, 2.05) is 136 Å². The Labute approximate surface area is 328 Å². The van der Waals surface area contributed by atoms with Gasteiger partial charge in [0.05, 0.1) is 10.7 Å². The van der Waals surface area contributed by atoms with E-state index in [0.717, 1.165) is 0 Å². The van der Waals surface area contributed by atoms with Crippen molar-refractivity contribution in [1.29, 1.82) is 0 Å². The van der Waals surface area contributed by atoms with Gasteiger partial charge >= 0.3 is 17.9 Å². The van der Waals surface area contributed by atoms with E-state index in [1.54, 1.807) is 41.3 Å². The average molecular weight is 1260 g/mol. The Morgan fingerprint density at radius 2 is 0.721 bits per heavy atom. The molecule has 0 saturated carbocycles. The van der Waals surface area contributed by atoms with Crippen LogP contribution in [0.15, 0.2) is 36.4 Å². The van der Waals surface area contributed by atoms with Crippen molar-refractivity contribution in [2.24, 2.45) is 0 Å². The van der Waals surface area contributed by atoms with Gasteiger partial charge in [-0.1, -0.05) is 0 Å². The van der Waals surface area contributed by atoms with Gasteiger partial charge in [0.2, 0.25) is 0 Å². The molecule has 230 valence electrons. The lowest BCUT2D eigenvalue weighted by Crippen LogP contribution is -2.35. The van der Waals surface area contributed by atoms with Crippen molar-refractivity contribution in [3.8, 4) is 17.2 Å². The number of phenols is 3. The Hall–Kier alpha value is -0.190. The fourth-order valence-corrected chi connectivity index (χ4v) is 6.87. The van der Waals surface area contributed by atoms with Crippen molar-refractivity contribution >= 4 is 153 Å². The molecule has 0 radical (unpaired) electrons. The second kappa shape index (κ2) is 17.7. The highest BCUT2D eigenvalue weighted by molar-refractivity contribution is 14.1. The lowest BCUT2D eigenvalue weighted by molar-refractivity contribution is 0.0328. The molecule has 0 amide bonds. The minimum absolute atomic E-state index is 0.0626. The highest BCUT2D eigenvalue weighted by Crippen LogP contribution is 2.31. The van der Waals surface area contributed by atoms with E-state index in [-0.39, 0.29) is 73.4 Å². The van der Waals surface area contributed by atoms with Gasteiger partial charge in [-0.25, -0.2) is 14.4 Å². The maximum Gasteiger partial charge on any atom is 0.343 e. The summed E-state index contributed by atoms with van der Waals surface area (Å²) in [6.45, 7) is 0.396. The van der Waals surface area contributed by atoms with Crippen LogP contribution >= 0.6 is 136 Å². The Bertz CT molecular complexity index is 1360. The van der Waals surface area contributed by atoms with Crippen molar-refractivity contribution in [2.75, 3.05) is 39.5 Å². The summed E-state index contributed by atoms with van der Waals surface area (Å²) in [5.41, 5.74) is 0.210. The summed E-state index contributed by atoms with van der Waals surface area (Å²) >= 11 is 11.6. The summed E-state index contributed by atoms with van der Waals surface area (Å²) in [5.74, 6) is -2.54. The van der Waals surface area contributed by atoms with E-state index < -0.39 is 17.9 Å². The second-order valence-electron chi connectivity index (χ2n) is 8.51. The van der Waals surface area contributed by atoms with Gasteiger partial charge < -0.3 is 29.5 Å². The van der Waals surface area contributed by atoms with Crippen LogP contribution in [0.5, 0.6) is 17.2 Å². The zero-order chi connectivity index (χ0) is 31.8. The Kier molecular flexibility index (Phi) is 15.3. The van der Waals surface area contributed by atoms with Crippen molar-refractivity contribution < 1.29 is 43.9 Å². The quantitative estimate of drug-likeness (QED) is 0.103. The molecule has 0 aromatic heterocycles. The Morgan fingerprint density at radius 3 is 0.977 bits per heavy atom.